The number of carbonyl (C=O) groups excluding carboxylic acids is 2. The number of hydrogen-bond acceptors (Lipinski definition) is 6. The van der Waals surface area contributed by atoms with E-state index in [1.807, 2.05) is 13.0 Å². The largest absolute Gasteiger partial charge is 0.370 e. The lowest BCUT2D eigenvalue weighted by Gasteiger charge is -2.24. The number of nitrogens with one attached hydrogen (secondary N) is 2. The van der Waals surface area contributed by atoms with Crippen LogP contribution in [0.15, 0.2) is 6.07 Å². The third kappa shape index (κ3) is 3.99. The van der Waals surface area contributed by atoms with Crippen molar-refractivity contribution in [3.8, 4) is 0 Å². The molecule has 2 N–H and O–H groups in total. The van der Waals surface area contributed by atoms with Gasteiger partial charge in [0.25, 0.3) is 0 Å². The number of nitrogens with zero attached hydrogens (tertiary/aromatic N) is 3. The minimum atomic E-state index is -0.279. The molecular formula is C13H19N5O2. The molecule has 0 spiro atoms. The van der Waals surface area contributed by atoms with Crippen molar-refractivity contribution < 1.29 is 9.59 Å². The fourth-order valence-electron chi connectivity index (χ4n) is 2.05. The van der Waals surface area contributed by atoms with Crippen molar-refractivity contribution in [2.24, 2.45) is 0 Å². The third-order valence-electron chi connectivity index (χ3n) is 2.83. The molecule has 0 saturated carbocycles. The van der Waals surface area contributed by atoms with Gasteiger partial charge >= 0.3 is 0 Å². The lowest BCUT2D eigenvalue weighted by molar-refractivity contribution is -0.136. The minimum Gasteiger partial charge on any atom is -0.370 e. The molecule has 1 aliphatic heterocycles. The molecule has 0 aromatic carbocycles. The fraction of sp³-hybridized carbons (Fsp3) is 0.538. The maximum Gasteiger partial charge on any atom is 0.240 e. The predicted octanol–water partition coefficient (Wildman–Crippen LogP) is 0.0653. The van der Waals surface area contributed by atoms with Crippen molar-refractivity contribution in [1.82, 2.24) is 20.2 Å². The number of amides is 2. The van der Waals surface area contributed by atoms with Crippen LogP contribution in [0.25, 0.3) is 0 Å². The molecule has 7 heteroatoms. The lowest BCUT2D eigenvalue weighted by Crippen LogP contribution is -2.51. The Labute approximate surface area is 117 Å². The fourth-order valence-corrected chi connectivity index (χ4v) is 2.05. The van der Waals surface area contributed by atoms with Crippen LogP contribution < -0.4 is 10.6 Å². The van der Waals surface area contributed by atoms with Crippen molar-refractivity contribution in [1.29, 1.82) is 0 Å². The molecular weight excluding hydrogens is 258 g/mol. The highest BCUT2D eigenvalue weighted by molar-refractivity contribution is 5.99. The van der Waals surface area contributed by atoms with Crippen LogP contribution in [0.2, 0.25) is 0 Å². The Hall–Kier alpha value is -2.02. The minimum absolute atomic E-state index is 0.195. The molecule has 2 heterocycles. The van der Waals surface area contributed by atoms with Gasteiger partial charge in [-0.25, -0.2) is 9.97 Å². The molecule has 2 amide bonds. The van der Waals surface area contributed by atoms with Crippen LogP contribution in [-0.2, 0) is 16.1 Å². The number of aryl methyl sites for hydroxylation is 1. The Kier molecular flexibility index (Phi) is 4.62. The molecule has 1 fully saturated rings. The third-order valence-corrected chi connectivity index (χ3v) is 2.83. The SMILES string of the molecule is CCCNc1cc(C)nc(CN2CC(=O)NC(=O)C2)n1. The van der Waals surface area contributed by atoms with Gasteiger partial charge in [0.2, 0.25) is 11.8 Å². The van der Waals surface area contributed by atoms with E-state index in [9.17, 15) is 9.59 Å². The number of aromatic nitrogens is 2. The van der Waals surface area contributed by atoms with E-state index in [2.05, 4.69) is 27.5 Å². The highest BCUT2D eigenvalue weighted by Gasteiger charge is 2.23. The summed E-state index contributed by atoms with van der Waals surface area (Å²) in [5, 5.41) is 5.49. The van der Waals surface area contributed by atoms with E-state index >= 15 is 0 Å². The molecule has 0 aliphatic carbocycles. The monoisotopic (exact) mass is 277 g/mol. The number of piperazine rings is 1. The first-order valence-corrected chi connectivity index (χ1v) is 6.70. The van der Waals surface area contributed by atoms with Crippen molar-refractivity contribution in [2.75, 3.05) is 25.0 Å². The Bertz CT molecular complexity index is 501. The van der Waals surface area contributed by atoms with Gasteiger partial charge in [0.05, 0.1) is 19.6 Å². The standard InChI is InChI=1S/C13H19N5O2/c1-3-4-14-10-5-9(2)15-11(16-10)6-18-7-12(19)17-13(20)8-18/h5H,3-4,6-8H2,1-2H3,(H,14,15,16)(H,17,19,20). The van der Waals surface area contributed by atoms with Gasteiger partial charge in [-0.1, -0.05) is 6.92 Å². The summed E-state index contributed by atoms with van der Waals surface area (Å²) in [5.41, 5.74) is 0.862. The van der Waals surface area contributed by atoms with Crippen molar-refractivity contribution in [3.63, 3.8) is 0 Å². The zero-order chi connectivity index (χ0) is 14.5. The molecule has 108 valence electrons. The van der Waals surface area contributed by atoms with Gasteiger partial charge in [0.15, 0.2) is 0 Å². The molecule has 7 nitrogen and oxygen atoms in total. The molecule has 0 atom stereocenters. The smallest absolute Gasteiger partial charge is 0.240 e. The molecule has 2 rings (SSSR count). The highest BCUT2D eigenvalue weighted by Crippen LogP contribution is 2.09. The average Bonchev–Trinajstić information content (AvgIpc) is 2.34. The zero-order valence-corrected chi connectivity index (χ0v) is 11.8. The number of imide groups is 1. The maximum absolute atomic E-state index is 11.3. The number of hydrogen-bond donors (Lipinski definition) is 2. The lowest BCUT2D eigenvalue weighted by atomic mass is 10.3. The van der Waals surface area contributed by atoms with E-state index in [1.165, 1.54) is 0 Å². The van der Waals surface area contributed by atoms with Gasteiger partial charge in [0, 0.05) is 18.3 Å². The van der Waals surface area contributed by atoms with Crippen LogP contribution in [0.3, 0.4) is 0 Å². The van der Waals surface area contributed by atoms with Crippen LogP contribution in [0.1, 0.15) is 24.9 Å². The zero-order valence-electron chi connectivity index (χ0n) is 11.8. The van der Waals surface area contributed by atoms with Gasteiger partial charge in [-0.3, -0.25) is 19.8 Å². The first-order chi connectivity index (χ1) is 9.56. The van der Waals surface area contributed by atoms with Crippen molar-refractivity contribution in [3.05, 3.63) is 17.6 Å². The Morgan fingerprint density at radius 3 is 2.65 bits per heavy atom. The maximum atomic E-state index is 11.3. The second-order valence-corrected chi connectivity index (χ2v) is 4.85. The Morgan fingerprint density at radius 1 is 1.30 bits per heavy atom. The summed E-state index contributed by atoms with van der Waals surface area (Å²) in [4.78, 5) is 33.1. The molecule has 1 saturated heterocycles. The quantitative estimate of drug-likeness (QED) is 0.740. The second kappa shape index (κ2) is 6.42. The van der Waals surface area contributed by atoms with Crippen molar-refractivity contribution >= 4 is 17.6 Å². The summed E-state index contributed by atoms with van der Waals surface area (Å²) in [6.07, 6.45) is 1.01. The van der Waals surface area contributed by atoms with Gasteiger partial charge in [-0.15, -0.1) is 0 Å². The van der Waals surface area contributed by atoms with Crippen molar-refractivity contribution in [2.45, 2.75) is 26.8 Å². The predicted molar refractivity (Wildman–Crippen MR) is 74.0 cm³/mol. The first-order valence-electron chi connectivity index (χ1n) is 6.70. The molecule has 0 radical (unpaired) electrons. The first kappa shape index (κ1) is 14.4. The molecule has 1 aromatic rings. The second-order valence-electron chi connectivity index (χ2n) is 4.85. The van der Waals surface area contributed by atoms with E-state index < -0.39 is 0 Å². The van der Waals surface area contributed by atoms with Gasteiger partial charge < -0.3 is 5.32 Å². The molecule has 1 aliphatic rings. The summed E-state index contributed by atoms with van der Waals surface area (Å²) in [7, 11) is 0. The Balaban J connectivity index is 2.06. The van der Waals surface area contributed by atoms with Crippen LogP contribution in [0, 0.1) is 6.92 Å². The number of carbonyl (C=O) groups is 2. The van der Waals surface area contributed by atoms with E-state index in [1.54, 1.807) is 4.90 Å². The normalized spacial score (nSPS) is 16.1. The van der Waals surface area contributed by atoms with Crippen LogP contribution in [0.4, 0.5) is 5.82 Å². The number of rotatable bonds is 5. The average molecular weight is 277 g/mol. The van der Waals surface area contributed by atoms with Gasteiger partial charge in [-0.05, 0) is 13.3 Å². The molecule has 1 aromatic heterocycles. The molecule has 0 unspecified atom stereocenters. The van der Waals surface area contributed by atoms with Crippen LogP contribution >= 0.6 is 0 Å². The molecule has 0 bridgehead atoms. The summed E-state index contributed by atoms with van der Waals surface area (Å²) < 4.78 is 0. The van der Waals surface area contributed by atoms with Gasteiger partial charge in [0.1, 0.15) is 11.6 Å². The summed E-state index contributed by atoms with van der Waals surface area (Å²) in [6.45, 7) is 5.61. The highest BCUT2D eigenvalue weighted by atomic mass is 16.2. The summed E-state index contributed by atoms with van der Waals surface area (Å²) in [6, 6.07) is 1.88. The van der Waals surface area contributed by atoms with Crippen LogP contribution in [-0.4, -0.2) is 46.3 Å². The molecule has 20 heavy (non-hydrogen) atoms. The Morgan fingerprint density at radius 2 is 2.00 bits per heavy atom. The van der Waals surface area contributed by atoms with Crippen LogP contribution in [0.5, 0.6) is 0 Å². The summed E-state index contributed by atoms with van der Waals surface area (Å²) in [5.74, 6) is 0.838. The number of anilines is 1. The topological polar surface area (TPSA) is 87.2 Å². The van der Waals surface area contributed by atoms with E-state index in [0.29, 0.717) is 12.4 Å². The van der Waals surface area contributed by atoms with E-state index in [-0.39, 0.29) is 24.9 Å². The van der Waals surface area contributed by atoms with Gasteiger partial charge in [-0.2, -0.15) is 0 Å². The van der Waals surface area contributed by atoms with E-state index in [0.717, 1.165) is 24.5 Å². The summed E-state index contributed by atoms with van der Waals surface area (Å²) >= 11 is 0. The van der Waals surface area contributed by atoms with E-state index in [4.69, 9.17) is 0 Å².